The van der Waals surface area contributed by atoms with Crippen molar-refractivity contribution in [2.75, 3.05) is 5.32 Å². The molecule has 1 aromatic heterocycles. The number of nitrogens with zero attached hydrogens (tertiary/aromatic N) is 1. The van der Waals surface area contributed by atoms with Crippen LogP contribution in [0.5, 0.6) is 0 Å². The molecule has 3 nitrogen and oxygen atoms in total. The standard InChI is InChI=1S/C13H17ClF3N3/c14-9-6-8(13(15,16)17)7-19-12(9)20-11-5-3-1-2-4-10(11)18/h6-7,10-11H,1-5,18H2,(H,19,20). The van der Waals surface area contributed by atoms with Crippen molar-refractivity contribution in [1.29, 1.82) is 0 Å². The third-order valence-electron chi connectivity index (χ3n) is 3.56. The van der Waals surface area contributed by atoms with E-state index in [0.29, 0.717) is 0 Å². The number of pyridine rings is 1. The molecular weight excluding hydrogens is 291 g/mol. The fraction of sp³-hybridized carbons (Fsp3) is 0.615. The van der Waals surface area contributed by atoms with Crippen LogP contribution in [0.15, 0.2) is 12.3 Å². The van der Waals surface area contributed by atoms with Crippen LogP contribution in [0.2, 0.25) is 5.02 Å². The van der Waals surface area contributed by atoms with Gasteiger partial charge >= 0.3 is 6.18 Å². The van der Waals surface area contributed by atoms with Crippen LogP contribution in [0.3, 0.4) is 0 Å². The Labute approximate surface area is 120 Å². The molecule has 2 atom stereocenters. The Bertz CT molecular complexity index is 465. The molecule has 3 N–H and O–H groups in total. The summed E-state index contributed by atoms with van der Waals surface area (Å²) >= 11 is 5.88. The second-order valence-electron chi connectivity index (χ2n) is 5.10. The van der Waals surface area contributed by atoms with Gasteiger partial charge in [-0.05, 0) is 18.9 Å². The maximum Gasteiger partial charge on any atom is 0.417 e. The second-order valence-corrected chi connectivity index (χ2v) is 5.51. The summed E-state index contributed by atoms with van der Waals surface area (Å²) in [5, 5.41) is 3.05. The maximum absolute atomic E-state index is 12.5. The van der Waals surface area contributed by atoms with Gasteiger partial charge in [-0.25, -0.2) is 4.98 Å². The monoisotopic (exact) mass is 307 g/mol. The smallest absolute Gasteiger partial charge is 0.365 e. The van der Waals surface area contributed by atoms with Gasteiger partial charge in [0.15, 0.2) is 0 Å². The van der Waals surface area contributed by atoms with E-state index in [9.17, 15) is 13.2 Å². The van der Waals surface area contributed by atoms with E-state index >= 15 is 0 Å². The van der Waals surface area contributed by atoms with Gasteiger partial charge in [-0.15, -0.1) is 0 Å². The molecule has 0 aliphatic heterocycles. The predicted molar refractivity (Wildman–Crippen MR) is 72.7 cm³/mol. The van der Waals surface area contributed by atoms with Crippen molar-refractivity contribution in [2.24, 2.45) is 5.73 Å². The van der Waals surface area contributed by atoms with Crippen LogP contribution in [0.1, 0.15) is 37.7 Å². The highest BCUT2D eigenvalue weighted by Gasteiger charge is 2.32. The van der Waals surface area contributed by atoms with Gasteiger partial charge in [0.25, 0.3) is 0 Å². The lowest BCUT2D eigenvalue weighted by molar-refractivity contribution is -0.137. The summed E-state index contributed by atoms with van der Waals surface area (Å²) in [4.78, 5) is 3.79. The average molecular weight is 308 g/mol. The number of aromatic nitrogens is 1. The second kappa shape index (κ2) is 6.18. The van der Waals surface area contributed by atoms with Crippen molar-refractivity contribution in [3.63, 3.8) is 0 Å². The number of nitrogens with one attached hydrogen (secondary N) is 1. The molecule has 0 amide bonds. The molecule has 1 fully saturated rings. The Morgan fingerprint density at radius 2 is 1.95 bits per heavy atom. The number of hydrogen-bond acceptors (Lipinski definition) is 3. The van der Waals surface area contributed by atoms with Crippen molar-refractivity contribution in [3.8, 4) is 0 Å². The molecular formula is C13H17ClF3N3. The summed E-state index contributed by atoms with van der Waals surface area (Å²) in [6, 6.07) is 0.857. The summed E-state index contributed by atoms with van der Waals surface area (Å²) < 4.78 is 37.6. The lowest BCUT2D eigenvalue weighted by Crippen LogP contribution is -2.39. The zero-order chi connectivity index (χ0) is 14.8. The molecule has 0 radical (unpaired) electrons. The van der Waals surface area contributed by atoms with Crippen LogP contribution in [-0.2, 0) is 6.18 Å². The van der Waals surface area contributed by atoms with Crippen LogP contribution >= 0.6 is 11.6 Å². The molecule has 1 saturated carbocycles. The zero-order valence-electron chi connectivity index (χ0n) is 10.9. The molecule has 2 rings (SSSR count). The highest BCUT2D eigenvalue weighted by Crippen LogP contribution is 2.33. The average Bonchev–Trinajstić information content (AvgIpc) is 2.56. The third kappa shape index (κ3) is 3.76. The van der Waals surface area contributed by atoms with Crippen molar-refractivity contribution in [3.05, 3.63) is 22.8 Å². The first-order valence-corrected chi connectivity index (χ1v) is 7.00. The Hall–Kier alpha value is -1.01. The number of rotatable bonds is 2. The first-order chi connectivity index (χ1) is 9.38. The number of anilines is 1. The molecule has 0 aromatic carbocycles. The van der Waals surface area contributed by atoms with E-state index in [0.717, 1.165) is 44.4 Å². The largest absolute Gasteiger partial charge is 0.417 e. The summed E-state index contributed by atoms with van der Waals surface area (Å²) in [6.45, 7) is 0. The molecule has 7 heteroatoms. The lowest BCUT2D eigenvalue weighted by atomic mass is 10.0. The van der Waals surface area contributed by atoms with Crippen LogP contribution in [0.25, 0.3) is 0 Å². The summed E-state index contributed by atoms with van der Waals surface area (Å²) in [7, 11) is 0. The van der Waals surface area contributed by atoms with E-state index in [2.05, 4.69) is 10.3 Å². The Kier molecular flexibility index (Phi) is 4.75. The van der Waals surface area contributed by atoms with Crippen LogP contribution in [-0.4, -0.2) is 17.1 Å². The van der Waals surface area contributed by atoms with Gasteiger partial charge in [-0.2, -0.15) is 13.2 Å². The van der Waals surface area contributed by atoms with E-state index in [1.165, 1.54) is 0 Å². The van der Waals surface area contributed by atoms with Crippen LogP contribution < -0.4 is 11.1 Å². The van der Waals surface area contributed by atoms with E-state index in [1.807, 2.05) is 0 Å². The summed E-state index contributed by atoms with van der Waals surface area (Å²) in [6.07, 6.45) is 1.37. The number of halogens is 4. The molecule has 112 valence electrons. The quantitative estimate of drug-likeness (QED) is 0.817. The van der Waals surface area contributed by atoms with Gasteiger partial charge in [0.2, 0.25) is 0 Å². The number of nitrogens with two attached hydrogens (primary N) is 1. The molecule has 0 saturated heterocycles. The summed E-state index contributed by atoms with van der Waals surface area (Å²) in [5.74, 6) is 0.266. The van der Waals surface area contributed by atoms with Crippen LogP contribution in [0.4, 0.5) is 19.0 Å². The van der Waals surface area contributed by atoms with Gasteiger partial charge in [0, 0.05) is 18.3 Å². The van der Waals surface area contributed by atoms with E-state index in [4.69, 9.17) is 17.3 Å². The zero-order valence-corrected chi connectivity index (χ0v) is 11.6. The van der Waals surface area contributed by atoms with Gasteiger partial charge in [0.1, 0.15) is 5.82 Å². The highest BCUT2D eigenvalue weighted by molar-refractivity contribution is 6.33. The fourth-order valence-electron chi connectivity index (χ4n) is 2.39. The van der Waals surface area contributed by atoms with Crippen molar-refractivity contribution >= 4 is 17.4 Å². The maximum atomic E-state index is 12.5. The molecule has 2 unspecified atom stereocenters. The van der Waals surface area contributed by atoms with Gasteiger partial charge in [-0.3, -0.25) is 0 Å². The molecule has 1 aliphatic rings. The van der Waals surface area contributed by atoms with Gasteiger partial charge in [-0.1, -0.05) is 30.9 Å². The molecule has 1 aliphatic carbocycles. The van der Waals surface area contributed by atoms with E-state index in [1.54, 1.807) is 0 Å². The van der Waals surface area contributed by atoms with E-state index < -0.39 is 11.7 Å². The van der Waals surface area contributed by atoms with Crippen molar-refractivity contribution in [1.82, 2.24) is 4.98 Å². The van der Waals surface area contributed by atoms with Gasteiger partial charge < -0.3 is 11.1 Å². The Balaban J connectivity index is 2.13. The minimum Gasteiger partial charge on any atom is -0.365 e. The highest BCUT2D eigenvalue weighted by atomic mass is 35.5. The SMILES string of the molecule is NC1CCCCCC1Nc1ncc(C(F)(F)F)cc1Cl. The molecule has 0 spiro atoms. The normalized spacial score (nSPS) is 24.2. The minimum atomic E-state index is -4.44. The lowest BCUT2D eigenvalue weighted by Gasteiger charge is -2.24. The van der Waals surface area contributed by atoms with Crippen molar-refractivity contribution < 1.29 is 13.2 Å². The third-order valence-corrected chi connectivity index (χ3v) is 3.85. The first kappa shape index (κ1) is 15.4. The van der Waals surface area contributed by atoms with Crippen molar-refractivity contribution in [2.45, 2.75) is 50.4 Å². The van der Waals surface area contributed by atoms with E-state index in [-0.39, 0.29) is 22.9 Å². The molecule has 1 heterocycles. The van der Waals surface area contributed by atoms with Crippen LogP contribution in [0, 0.1) is 0 Å². The predicted octanol–water partition coefficient (Wildman–Crippen LogP) is 3.83. The Morgan fingerprint density at radius 1 is 1.25 bits per heavy atom. The van der Waals surface area contributed by atoms with Gasteiger partial charge in [0.05, 0.1) is 10.6 Å². The fourth-order valence-corrected chi connectivity index (χ4v) is 2.61. The minimum absolute atomic E-state index is 0.000707. The molecule has 1 aromatic rings. The summed E-state index contributed by atoms with van der Waals surface area (Å²) in [5.41, 5.74) is 5.21. The Morgan fingerprint density at radius 3 is 2.60 bits per heavy atom. The molecule has 20 heavy (non-hydrogen) atoms. The number of hydrogen-bond donors (Lipinski definition) is 2. The number of alkyl halides is 3. The first-order valence-electron chi connectivity index (χ1n) is 6.63. The topological polar surface area (TPSA) is 50.9 Å². The molecule has 0 bridgehead atoms.